The van der Waals surface area contributed by atoms with Crippen molar-refractivity contribution in [3.8, 4) is 11.5 Å². The Hall–Kier alpha value is -3.35. The van der Waals surface area contributed by atoms with E-state index in [1.807, 2.05) is 0 Å². The van der Waals surface area contributed by atoms with E-state index in [0.29, 0.717) is 22.7 Å². The zero-order valence-electron chi connectivity index (χ0n) is 14.4. The van der Waals surface area contributed by atoms with Crippen molar-refractivity contribution in [2.24, 2.45) is 0 Å². The minimum atomic E-state index is -1.29. The summed E-state index contributed by atoms with van der Waals surface area (Å²) in [7, 11) is 2.98. The van der Waals surface area contributed by atoms with Crippen LogP contribution in [0.15, 0.2) is 42.5 Å². The maximum absolute atomic E-state index is 12.2. The summed E-state index contributed by atoms with van der Waals surface area (Å²) < 4.78 is 10.3. The van der Waals surface area contributed by atoms with Crippen LogP contribution < -0.4 is 19.9 Å². The van der Waals surface area contributed by atoms with Crippen LogP contribution in [0, 0.1) is 0 Å². The van der Waals surface area contributed by atoms with Crippen LogP contribution >= 0.6 is 0 Å². The monoisotopic (exact) mass is 356 g/mol. The Morgan fingerprint density at radius 1 is 0.885 bits per heavy atom. The largest absolute Gasteiger partial charge is 0.545 e. The number of methoxy groups -OCH3 is 2. The first-order valence-electron chi connectivity index (χ1n) is 7.81. The zero-order chi connectivity index (χ0) is 19.1. The quantitative estimate of drug-likeness (QED) is 0.722. The van der Waals surface area contributed by atoms with Crippen LogP contribution in [0.4, 0.5) is 5.69 Å². The third-order valence-corrected chi connectivity index (χ3v) is 3.69. The molecular formula is C19H18NO6-. The Bertz CT molecular complexity index is 813. The van der Waals surface area contributed by atoms with Crippen molar-refractivity contribution in [3.05, 3.63) is 53.6 Å². The number of carbonyl (C=O) groups excluding carboxylic acids is 3. The fourth-order valence-electron chi connectivity index (χ4n) is 2.29. The Morgan fingerprint density at radius 3 is 2.08 bits per heavy atom. The molecule has 0 radical (unpaired) electrons. The Kier molecular flexibility index (Phi) is 6.32. The lowest BCUT2D eigenvalue weighted by atomic mass is 10.1. The molecule has 0 bridgehead atoms. The lowest BCUT2D eigenvalue weighted by Gasteiger charge is -2.09. The normalized spacial score (nSPS) is 10.1. The van der Waals surface area contributed by atoms with Gasteiger partial charge in [0.2, 0.25) is 5.91 Å². The molecule has 2 rings (SSSR count). The predicted molar refractivity (Wildman–Crippen MR) is 92.5 cm³/mol. The Balaban J connectivity index is 1.92. The van der Waals surface area contributed by atoms with Crippen molar-refractivity contribution in [1.82, 2.24) is 0 Å². The zero-order valence-corrected chi connectivity index (χ0v) is 14.4. The summed E-state index contributed by atoms with van der Waals surface area (Å²) >= 11 is 0. The number of ketones is 1. The summed E-state index contributed by atoms with van der Waals surface area (Å²) in [4.78, 5) is 34.9. The number of rotatable bonds is 8. The van der Waals surface area contributed by atoms with Gasteiger partial charge in [-0.05, 0) is 35.9 Å². The number of carboxylic acid groups (broad SMARTS) is 1. The van der Waals surface area contributed by atoms with Crippen LogP contribution in [0.2, 0.25) is 0 Å². The van der Waals surface area contributed by atoms with Crippen molar-refractivity contribution < 1.29 is 29.0 Å². The van der Waals surface area contributed by atoms with Gasteiger partial charge in [-0.2, -0.15) is 0 Å². The van der Waals surface area contributed by atoms with Gasteiger partial charge in [0.1, 0.15) is 0 Å². The van der Waals surface area contributed by atoms with E-state index in [-0.39, 0.29) is 30.1 Å². The van der Waals surface area contributed by atoms with Gasteiger partial charge in [-0.25, -0.2) is 0 Å². The van der Waals surface area contributed by atoms with Gasteiger partial charge in [-0.3, -0.25) is 9.59 Å². The molecule has 0 aliphatic heterocycles. The molecular weight excluding hydrogens is 338 g/mol. The molecule has 7 nitrogen and oxygen atoms in total. The first-order valence-corrected chi connectivity index (χ1v) is 7.81. The molecule has 0 aliphatic rings. The summed E-state index contributed by atoms with van der Waals surface area (Å²) in [6.07, 6.45) is 0.0217. The van der Waals surface area contributed by atoms with Gasteiger partial charge in [0.25, 0.3) is 0 Å². The molecule has 0 saturated carbocycles. The van der Waals surface area contributed by atoms with Crippen molar-refractivity contribution >= 4 is 23.3 Å². The minimum Gasteiger partial charge on any atom is -0.545 e. The van der Waals surface area contributed by atoms with E-state index in [2.05, 4.69) is 5.32 Å². The number of amides is 1. The molecule has 2 aromatic rings. The number of Topliss-reactive ketones (excluding diaryl/α,β-unsaturated/α-hetero) is 1. The molecule has 26 heavy (non-hydrogen) atoms. The van der Waals surface area contributed by atoms with E-state index in [1.54, 1.807) is 18.2 Å². The van der Waals surface area contributed by atoms with Gasteiger partial charge in [0.05, 0.1) is 20.2 Å². The van der Waals surface area contributed by atoms with Crippen molar-refractivity contribution in [2.45, 2.75) is 12.8 Å². The number of benzene rings is 2. The van der Waals surface area contributed by atoms with Gasteiger partial charge >= 0.3 is 0 Å². The van der Waals surface area contributed by atoms with Crippen LogP contribution in [0.5, 0.6) is 11.5 Å². The molecule has 0 fully saturated rings. The molecule has 0 unspecified atom stereocenters. The SMILES string of the molecule is COc1ccc(C(=O)CCC(=O)Nc2ccc(C(=O)[O-])cc2)cc1OC. The van der Waals surface area contributed by atoms with E-state index < -0.39 is 5.97 Å². The molecule has 0 aliphatic carbocycles. The second-order valence-electron chi connectivity index (χ2n) is 5.41. The average Bonchev–Trinajstić information content (AvgIpc) is 2.65. The third kappa shape index (κ3) is 4.83. The smallest absolute Gasteiger partial charge is 0.224 e. The molecule has 1 amide bonds. The predicted octanol–water partition coefficient (Wildman–Crippen LogP) is 1.67. The van der Waals surface area contributed by atoms with E-state index in [0.717, 1.165) is 0 Å². The highest BCUT2D eigenvalue weighted by atomic mass is 16.5. The minimum absolute atomic E-state index is 0.00455. The number of nitrogens with one attached hydrogen (secondary N) is 1. The Labute approximate surface area is 150 Å². The fourth-order valence-corrected chi connectivity index (χ4v) is 2.29. The van der Waals surface area contributed by atoms with Crippen molar-refractivity contribution in [3.63, 3.8) is 0 Å². The molecule has 0 aromatic heterocycles. The summed E-state index contributed by atoms with van der Waals surface area (Å²) in [6, 6.07) is 10.4. The molecule has 2 aromatic carbocycles. The van der Waals surface area contributed by atoms with Crippen LogP contribution in [0.1, 0.15) is 33.6 Å². The summed E-state index contributed by atoms with van der Waals surface area (Å²) in [5.41, 5.74) is 0.888. The van der Waals surface area contributed by atoms with Gasteiger partial charge in [0.15, 0.2) is 17.3 Å². The topological polar surface area (TPSA) is 105 Å². The number of carbonyl (C=O) groups is 3. The molecule has 0 spiro atoms. The van der Waals surface area contributed by atoms with E-state index in [4.69, 9.17) is 9.47 Å². The number of anilines is 1. The summed E-state index contributed by atoms with van der Waals surface area (Å²) in [5, 5.41) is 13.3. The van der Waals surface area contributed by atoms with E-state index in [1.165, 1.54) is 38.5 Å². The lowest BCUT2D eigenvalue weighted by Crippen LogP contribution is -2.22. The fraction of sp³-hybridized carbons (Fsp3) is 0.211. The van der Waals surface area contributed by atoms with Crippen molar-refractivity contribution in [1.29, 1.82) is 0 Å². The summed E-state index contributed by atoms with van der Waals surface area (Å²) in [5.74, 6) is -0.880. The third-order valence-electron chi connectivity index (χ3n) is 3.69. The number of ether oxygens (including phenoxy) is 2. The van der Waals surface area contributed by atoms with Gasteiger partial charge in [0, 0.05) is 24.1 Å². The summed E-state index contributed by atoms with van der Waals surface area (Å²) in [6.45, 7) is 0. The number of hydrogen-bond donors (Lipinski definition) is 1. The van der Waals surface area contributed by atoms with Crippen LogP contribution in [-0.4, -0.2) is 31.9 Å². The molecule has 136 valence electrons. The first kappa shape index (κ1) is 19.0. The number of hydrogen-bond acceptors (Lipinski definition) is 6. The highest BCUT2D eigenvalue weighted by Gasteiger charge is 2.13. The molecule has 0 atom stereocenters. The van der Waals surface area contributed by atoms with Gasteiger partial charge in [-0.1, -0.05) is 12.1 Å². The van der Waals surface area contributed by atoms with E-state index in [9.17, 15) is 19.5 Å². The standard InChI is InChI=1S/C19H19NO6/c1-25-16-9-5-13(11-17(16)26-2)15(21)8-10-18(22)20-14-6-3-12(4-7-14)19(23)24/h3-7,9,11H,8,10H2,1-2H3,(H,20,22)(H,23,24)/p-1. The second kappa shape index (κ2) is 8.66. The van der Waals surface area contributed by atoms with E-state index >= 15 is 0 Å². The maximum Gasteiger partial charge on any atom is 0.224 e. The molecule has 1 N–H and O–H groups in total. The highest BCUT2D eigenvalue weighted by Crippen LogP contribution is 2.28. The number of carboxylic acids is 1. The van der Waals surface area contributed by atoms with Gasteiger partial charge < -0.3 is 24.7 Å². The molecule has 0 saturated heterocycles. The number of aromatic carboxylic acids is 1. The van der Waals surface area contributed by atoms with Crippen molar-refractivity contribution in [2.75, 3.05) is 19.5 Å². The lowest BCUT2D eigenvalue weighted by molar-refractivity contribution is -0.255. The van der Waals surface area contributed by atoms with Crippen LogP contribution in [0.25, 0.3) is 0 Å². The van der Waals surface area contributed by atoms with Crippen LogP contribution in [-0.2, 0) is 4.79 Å². The molecule has 7 heteroatoms. The first-order chi connectivity index (χ1) is 12.4. The van der Waals surface area contributed by atoms with Crippen LogP contribution in [0.3, 0.4) is 0 Å². The second-order valence-corrected chi connectivity index (χ2v) is 5.41. The highest BCUT2D eigenvalue weighted by molar-refractivity contribution is 6.00. The Morgan fingerprint density at radius 2 is 1.50 bits per heavy atom. The van der Waals surface area contributed by atoms with Gasteiger partial charge in [-0.15, -0.1) is 0 Å². The molecule has 0 heterocycles. The average molecular weight is 356 g/mol. The maximum atomic E-state index is 12.2.